The van der Waals surface area contributed by atoms with Gasteiger partial charge in [-0.2, -0.15) is 0 Å². The fourth-order valence-corrected chi connectivity index (χ4v) is 3.81. The van der Waals surface area contributed by atoms with E-state index in [1.165, 1.54) is 9.47 Å². The highest BCUT2D eigenvalue weighted by molar-refractivity contribution is 6.05. The maximum absolute atomic E-state index is 13.3. The van der Waals surface area contributed by atoms with Crippen molar-refractivity contribution in [1.29, 1.82) is 0 Å². The first-order chi connectivity index (χ1) is 14.7. The number of likely N-dealkylation sites (N-methyl/N-ethyl adjacent to an activating group) is 1. The maximum atomic E-state index is 13.3. The molecule has 3 rings (SSSR count). The van der Waals surface area contributed by atoms with Crippen LogP contribution in [0.4, 0.5) is 22.9 Å². The summed E-state index contributed by atoms with van der Waals surface area (Å²) in [5.74, 6) is -0.449. The molecule has 4 N–H and O–H groups in total. The van der Waals surface area contributed by atoms with E-state index in [1.54, 1.807) is 43.1 Å². The lowest BCUT2D eigenvalue weighted by molar-refractivity contribution is -0.118. The maximum Gasteiger partial charge on any atom is 0.330 e. The third-order valence-electron chi connectivity index (χ3n) is 5.33. The van der Waals surface area contributed by atoms with Crippen LogP contribution >= 0.6 is 0 Å². The molecule has 31 heavy (non-hydrogen) atoms. The number of carbonyl (C=O) groups is 2. The van der Waals surface area contributed by atoms with Gasteiger partial charge in [-0.15, -0.1) is 0 Å². The van der Waals surface area contributed by atoms with Crippen molar-refractivity contribution in [2.24, 2.45) is 0 Å². The molecule has 0 spiro atoms. The van der Waals surface area contributed by atoms with E-state index in [9.17, 15) is 19.2 Å². The molecule has 0 fully saturated rings. The number of amides is 2. The Bertz CT molecular complexity index is 1110. The summed E-state index contributed by atoms with van der Waals surface area (Å²) < 4.78 is 1.31. The first-order valence-corrected chi connectivity index (χ1v) is 10.3. The standard InChI is InChI=1S/C21H28N6O4/c1-4-5-10-26-19(22)18(20(30)24-21(26)31)25(3)12-17(29)27-13(2)11-16(28)23-14-8-6-7-9-15(14)27/h6-9,13H,4-5,10-12,22H2,1-3H3,(H,23,28)(H,24,30,31). The lowest BCUT2D eigenvalue weighted by atomic mass is 10.1. The number of para-hydroxylation sites is 2. The molecule has 166 valence electrons. The molecule has 0 saturated heterocycles. The summed E-state index contributed by atoms with van der Waals surface area (Å²) in [5, 5.41) is 2.81. The van der Waals surface area contributed by atoms with Gasteiger partial charge in [0.2, 0.25) is 11.8 Å². The van der Waals surface area contributed by atoms with Crippen LogP contribution in [0.3, 0.4) is 0 Å². The number of aromatic amines is 1. The largest absolute Gasteiger partial charge is 0.383 e. The van der Waals surface area contributed by atoms with Gasteiger partial charge in [0.15, 0.2) is 0 Å². The second-order valence-electron chi connectivity index (χ2n) is 7.74. The number of nitrogens with two attached hydrogens (primary N) is 1. The molecule has 1 aromatic carbocycles. The van der Waals surface area contributed by atoms with E-state index in [0.29, 0.717) is 17.9 Å². The molecule has 1 aliphatic heterocycles. The van der Waals surface area contributed by atoms with E-state index in [-0.39, 0.29) is 42.3 Å². The van der Waals surface area contributed by atoms with Crippen molar-refractivity contribution in [1.82, 2.24) is 9.55 Å². The fourth-order valence-electron chi connectivity index (χ4n) is 3.81. The lowest BCUT2D eigenvalue weighted by Crippen LogP contribution is -2.46. The number of hydrogen-bond acceptors (Lipinski definition) is 6. The van der Waals surface area contributed by atoms with E-state index >= 15 is 0 Å². The molecular formula is C21H28N6O4. The van der Waals surface area contributed by atoms with Gasteiger partial charge in [-0.05, 0) is 25.5 Å². The van der Waals surface area contributed by atoms with Crippen LogP contribution in [-0.4, -0.2) is 41.0 Å². The number of unbranched alkanes of at least 4 members (excludes halogenated alkanes) is 1. The summed E-state index contributed by atoms with van der Waals surface area (Å²) in [7, 11) is 1.57. The Labute approximate surface area is 179 Å². The number of anilines is 4. The van der Waals surface area contributed by atoms with Crippen LogP contribution in [-0.2, 0) is 16.1 Å². The van der Waals surface area contributed by atoms with Gasteiger partial charge < -0.3 is 20.9 Å². The van der Waals surface area contributed by atoms with Crippen LogP contribution in [0, 0.1) is 0 Å². The summed E-state index contributed by atoms with van der Waals surface area (Å²) in [6, 6.07) is 6.70. The number of hydrogen-bond donors (Lipinski definition) is 3. The molecule has 0 saturated carbocycles. The Hall–Kier alpha value is -3.56. The molecule has 1 atom stereocenters. The Morgan fingerprint density at radius 1 is 1.26 bits per heavy atom. The SMILES string of the molecule is CCCCn1c(N)c(N(C)CC(=O)N2c3ccccc3NC(=O)CC2C)c(=O)[nH]c1=O. The monoisotopic (exact) mass is 428 g/mol. The molecule has 1 aromatic heterocycles. The van der Waals surface area contributed by atoms with Gasteiger partial charge in [0, 0.05) is 26.1 Å². The van der Waals surface area contributed by atoms with Crippen molar-refractivity contribution in [3.63, 3.8) is 0 Å². The zero-order chi connectivity index (χ0) is 22.7. The number of aromatic nitrogens is 2. The quantitative estimate of drug-likeness (QED) is 0.631. The molecule has 2 amide bonds. The third-order valence-corrected chi connectivity index (χ3v) is 5.33. The molecule has 10 heteroatoms. The molecule has 0 aliphatic carbocycles. The zero-order valence-corrected chi connectivity index (χ0v) is 18.0. The predicted octanol–water partition coefficient (Wildman–Crippen LogP) is 1.12. The highest BCUT2D eigenvalue weighted by Gasteiger charge is 2.30. The normalized spacial score (nSPS) is 15.8. The van der Waals surface area contributed by atoms with Crippen LogP contribution in [0.2, 0.25) is 0 Å². The minimum atomic E-state index is -0.647. The average Bonchev–Trinajstić information content (AvgIpc) is 2.81. The van der Waals surface area contributed by atoms with Crippen molar-refractivity contribution < 1.29 is 9.59 Å². The zero-order valence-electron chi connectivity index (χ0n) is 18.0. The van der Waals surface area contributed by atoms with Crippen LogP contribution in [0.15, 0.2) is 33.9 Å². The molecule has 2 aromatic rings. The molecule has 10 nitrogen and oxygen atoms in total. The first-order valence-electron chi connectivity index (χ1n) is 10.3. The van der Waals surface area contributed by atoms with E-state index < -0.39 is 11.2 Å². The van der Waals surface area contributed by atoms with Crippen molar-refractivity contribution in [2.75, 3.05) is 34.4 Å². The predicted molar refractivity (Wildman–Crippen MR) is 121 cm³/mol. The summed E-state index contributed by atoms with van der Waals surface area (Å²) in [4.78, 5) is 55.4. The van der Waals surface area contributed by atoms with Crippen LogP contribution in [0.25, 0.3) is 0 Å². The van der Waals surface area contributed by atoms with Gasteiger partial charge in [-0.25, -0.2) is 4.79 Å². The number of benzene rings is 1. The van der Waals surface area contributed by atoms with Crippen LogP contribution < -0.4 is 32.1 Å². The van der Waals surface area contributed by atoms with Gasteiger partial charge in [-0.3, -0.25) is 23.9 Å². The minimum absolute atomic E-state index is 0.0265. The van der Waals surface area contributed by atoms with E-state index in [0.717, 1.165) is 12.8 Å². The summed E-state index contributed by atoms with van der Waals surface area (Å²) in [6.07, 6.45) is 1.73. The molecule has 0 bridgehead atoms. The van der Waals surface area contributed by atoms with E-state index in [2.05, 4.69) is 10.3 Å². The van der Waals surface area contributed by atoms with Crippen molar-refractivity contribution in [3.05, 3.63) is 45.1 Å². The number of nitrogens with one attached hydrogen (secondary N) is 2. The number of rotatable bonds is 6. The van der Waals surface area contributed by atoms with Crippen LogP contribution in [0.5, 0.6) is 0 Å². The van der Waals surface area contributed by atoms with Gasteiger partial charge in [0.05, 0.1) is 17.9 Å². The second kappa shape index (κ2) is 9.07. The summed E-state index contributed by atoms with van der Waals surface area (Å²) in [5.41, 5.74) is 6.14. The number of nitrogen functional groups attached to an aromatic ring is 1. The fraction of sp³-hybridized carbons (Fsp3) is 0.429. The van der Waals surface area contributed by atoms with E-state index in [4.69, 9.17) is 5.73 Å². The van der Waals surface area contributed by atoms with Gasteiger partial charge in [-0.1, -0.05) is 25.5 Å². The Morgan fingerprint density at radius 2 is 1.97 bits per heavy atom. The first kappa shape index (κ1) is 22.1. The van der Waals surface area contributed by atoms with Crippen molar-refractivity contribution in [3.8, 4) is 0 Å². The van der Waals surface area contributed by atoms with Crippen molar-refractivity contribution in [2.45, 2.75) is 45.7 Å². The Balaban J connectivity index is 1.93. The number of fused-ring (bicyclic) bond motifs is 1. The highest BCUT2D eigenvalue weighted by Crippen LogP contribution is 2.31. The Morgan fingerprint density at radius 3 is 2.68 bits per heavy atom. The molecule has 1 aliphatic rings. The summed E-state index contributed by atoms with van der Waals surface area (Å²) in [6.45, 7) is 3.99. The highest BCUT2D eigenvalue weighted by atomic mass is 16.2. The molecule has 0 radical (unpaired) electrons. The van der Waals surface area contributed by atoms with Crippen molar-refractivity contribution >= 4 is 34.7 Å². The smallest absolute Gasteiger partial charge is 0.330 e. The molecular weight excluding hydrogens is 400 g/mol. The van der Waals surface area contributed by atoms with E-state index in [1.807, 2.05) is 6.92 Å². The van der Waals surface area contributed by atoms with Gasteiger partial charge in [0.25, 0.3) is 5.56 Å². The minimum Gasteiger partial charge on any atom is -0.383 e. The number of H-pyrrole nitrogens is 1. The van der Waals surface area contributed by atoms with Crippen LogP contribution in [0.1, 0.15) is 33.1 Å². The summed E-state index contributed by atoms with van der Waals surface area (Å²) >= 11 is 0. The average molecular weight is 428 g/mol. The molecule has 1 unspecified atom stereocenters. The number of nitrogens with zero attached hydrogens (tertiary/aromatic N) is 3. The third kappa shape index (κ3) is 4.47. The second-order valence-corrected chi connectivity index (χ2v) is 7.74. The molecule has 2 heterocycles. The number of carbonyl (C=O) groups excluding carboxylic acids is 2. The van der Waals surface area contributed by atoms with Gasteiger partial charge in [0.1, 0.15) is 11.5 Å². The lowest BCUT2D eigenvalue weighted by Gasteiger charge is -2.30. The topological polar surface area (TPSA) is 134 Å². The Kier molecular flexibility index (Phi) is 6.47. The van der Waals surface area contributed by atoms with Gasteiger partial charge >= 0.3 is 5.69 Å².